The molecule has 2 heterocycles. The van der Waals surface area contributed by atoms with Gasteiger partial charge in [0.25, 0.3) is 0 Å². The van der Waals surface area contributed by atoms with E-state index in [0.717, 1.165) is 25.0 Å². The van der Waals surface area contributed by atoms with Crippen LogP contribution in [-0.4, -0.2) is 37.2 Å². The Morgan fingerprint density at radius 1 is 1.18 bits per heavy atom. The Bertz CT molecular complexity index is 260. The molecule has 0 aromatic carbocycles. The average Bonchev–Trinajstić information content (AvgIpc) is 2.40. The zero-order valence-electron chi connectivity index (χ0n) is 10.9. The lowest BCUT2D eigenvalue weighted by Crippen LogP contribution is -2.41. The highest BCUT2D eigenvalue weighted by Gasteiger charge is 2.29. The summed E-state index contributed by atoms with van der Waals surface area (Å²) >= 11 is 0. The molecule has 0 aromatic rings. The molecule has 0 saturated carbocycles. The molecule has 0 radical (unpaired) electrons. The van der Waals surface area contributed by atoms with Crippen LogP contribution >= 0.6 is 0 Å². The number of ether oxygens (including phenoxy) is 1. The molecule has 2 fully saturated rings. The zero-order chi connectivity index (χ0) is 12.1. The van der Waals surface area contributed by atoms with Crippen LogP contribution in [0.25, 0.3) is 0 Å². The van der Waals surface area contributed by atoms with Crippen molar-refractivity contribution in [2.24, 2.45) is 11.8 Å². The fourth-order valence-corrected chi connectivity index (χ4v) is 3.28. The predicted octanol–water partition coefficient (Wildman–Crippen LogP) is 2.43. The van der Waals surface area contributed by atoms with E-state index in [0.29, 0.717) is 12.5 Å². The SMILES string of the molecule is CC(CC#N)N1CCC(C2CCOCC2)CC1. The van der Waals surface area contributed by atoms with Gasteiger partial charge in [0, 0.05) is 19.3 Å². The lowest BCUT2D eigenvalue weighted by atomic mass is 9.80. The van der Waals surface area contributed by atoms with Gasteiger partial charge in [-0.2, -0.15) is 5.26 Å². The largest absolute Gasteiger partial charge is 0.381 e. The minimum atomic E-state index is 0.440. The Morgan fingerprint density at radius 2 is 1.76 bits per heavy atom. The summed E-state index contributed by atoms with van der Waals surface area (Å²) in [6.07, 6.45) is 5.83. The summed E-state index contributed by atoms with van der Waals surface area (Å²) in [5.41, 5.74) is 0. The van der Waals surface area contributed by atoms with Crippen molar-refractivity contribution in [3.05, 3.63) is 0 Å². The van der Waals surface area contributed by atoms with Gasteiger partial charge in [-0.15, -0.1) is 0 Å². The molecule has 1 atom stereocenters. The van der Waals surface area contributed by atoms with Gasteiger partial charge in [0.15, 0.2) is 0 Å². The van der Waals surface area contributed by atoms with Crippen molar-refractivity contribution in [2.75, 3.05) is 26.3 Å². The fourth-order valence-electron chi connectivity index (χ4n) is 3.28. The Hall–Kier alpha value is -0.590. The van der Waals surface area contributed by atoms with Gasteiger partial charge in [-0.05, 0) is 57.5 Å². The molecule has 2 rings (SSSR count). The van der Waals surface area contributed by atoms with Gasteiger partial charge in [-0.25, -0.2) is 0 Å². The number of rotatable bonds is 3. The summed E-state index contributed by atoms with van der Waals surface area (Å²) < 4.78 is 5.44. The Balaban J connectivity index is 1.75. The smallest absolute Gasteiger partial charge is 0.0638 e. The van der Waals surface area contributed by atoms with E-state index < -0.39 is 0 Å². The highest BCUT2D eigenvalue weighted by atomic mass is 16.5. The number of nitrogens with zero attached hydrogens (tertiary/aromatic N) is 2. The van der Waals surface area contributed by atoms with Gasteiger partial charge < -0.3 is 4.74 Å². The predicted molar refractivity (Wildman–Crippen MR) is 67.5 cm³/mol. The molecule has 0 aliphatic carbocycles. The van der Waals surface area contributed by atoms with Crippen molar-refractivity contribution in [1.82, 2.24) is 4.90 Å². The highest BCUT2D eigenvalue weighted by Crippen LogP contribution is 2.32. The van der Waals surface area contributed by atoms with Crippen molar-refractivity contribution in [2.45, 2.75) is 45.1 Å². The van der Waals surface area contributed by atoms with Gasteiger partial charge in [0.1, 0.15) is 0 Å². The molecule has 1 unspecified atom stereocenters. The molecule has 3 nitrogen and oxygen atoms in total. The topological polar surface area (TPSA) is 36.3 Å². The summed E-state index contributed by atoms with van der Waals surface area (Å²) in [6.45, 7) is 6.49. The Labute approximate surface area is 105 Å². The van der Waals surface area contributed by atoms with Gasteiger partial charge in [0.2, 0.25) is 0 Å². The number of nitriles is 1. The maximum atomic E-state index is 8.73. The van der Waals surface area contributed by atoms with Crippen LogP contribution in [-0.2, 0) is 4.74 Å². The molecular formula is C14H24N2O. The first kappa shape index (κ1) is 12.9. The van der Waals surface area contributed by atoms with E-state index in [1.54, 1.807) is 0 Å². The third-order valence-electron chi connectivity index (χ3n) is 4.52. The van der Waals surface area contributed by atoms with Crippen LogP contribution < -0.4 is 0 Å². The maximum absolute atomic E-state index is 8.73. The summed E-state index contributed by atoms with van der Waals surface area (Å²) in [7, 11) is 0. The van der Waals surface area contributed by atoms with E-state index in [1.807, 2.05) is 0 Å². The van der Waals surface area contributed by atoms with Crippen molar-refractivity contribution >= 4 is 0 Å². The molecule has 0 amide bonds. The van der Waals surface area contributed by atoms with Crippen LogP contribution in [0.1, 0.15) is 39.0 Å². The third kappa shape index (κ3) is 3.43. The van der Waals surface area contributed by atoms with Gasteiger partial charge in [-0.1, -0.05) is 0 Å². The Kier molecular flexibility index (Phi) is 4.82. The molecule has 0 bridgehead atoms. The van der Waals surface area contributed by atoms with Crippen LogP contribution in [0.4, 0.5) is 0 Å². The second-order valence-corrected chi connectivity index (χ2v) is 5.53. The van der Waals surface area contributed by atoms with E-state index in [2.05, 4.69) is 17.9 Å². The molecule has 17 heavy (non-hydrogen) atoms. The van der Waals surface area contributed by atoms with Crippen LogP contribution in [0.3, 0.4) is 0 Å². The standard InChI is InChI=1S/C14H24N2O/c1-12(2-7-15)16-8-3-13(4-9-16)14-5-10-17-11-6-14/h12-14H,2-6,8-11H2,1H3. The number of hydrogen-bond acceptors (Lipinski definition) is 3. The fraction of sp³-hybridized carbons (Fsp3) is 0.929. The van der Waals surface area contributed by atoms with Crippen molar-refractivity contribution in [3.63, 3.8) is 0 Å². The molecule has 0 aromatic heterocycles. The van der Waals surface area contributed by atoms with E-state index in [4.69, 9.17) is 10.00 Å². The monoisotopic (exact) mass is 236 g/mol. The van der Waals surface area contributed by atoms with E-state index in [-0.39, 0.29) is 0 Å². The second kappa shape index (κ2) is 6.37. The van der Waals surface area contributed by atoms with Crippen LogP contribution in [0.5, 0.6) is 0 Å². The summed E-state index contributed by atoms with van der Waals surface area (Å²) in [5.74, 6) is 1.81. The normalized spacial score (nSPS) is 26.6. The van der Waals surface area contributed by atoms with Crippen LogP contribution in [0.2, 0.25) is 0 Å². The quantitative estimate of drug-likeness (QED) is 0.755. The van der Waals surface area contributed by atoms with E-state index in [1.165, 1.54) is 38.8 Å². The zero-order valence-corrected chi connectivity index (χ0v) is 10.9. The minimum Gasteiger partial charge on any atom is -0.381 e. The minimum absolute atomic E-state index is 0.440. The maximum Gasteiger partial charge on any atom is 0.0638 e. The molecule has 0 spiro atoms. The first-order valence-electron chi connectivity index (χ1n) is 7.00. The molecule has 96 valence electrons. The second-order valence-electron chi connectivity index (χ2n) is 5.53. The first-order chi connectivity index (χ1) is 8.31. The average molecular weight is 236 g/mol. The van der Waals surface area contributed by atoms with Gasteiger partial charge in [0.05, 0.1) is 12.5 Å². The number of hydrogen-bond donors (Lipinski definition) is 0. The van der Waals surface area contributed by atoms with Crippen molar-refractivity contribution in [3.8, 4) is 6.07 Å². The lowest BCUT2D eigenvalue weighted by Gasteiger charge is -2.39. The van der Waals surface area contributed by atoms with Gasteiger partial charge >= 0.3 is 0 Å². The molecular weight excluding hydrogens is 212 g/mol. The lowest BCUT2D eigenvalue weighted by molar-refractivity contribution is 0.0262. The molecule has 0 N–H and O–H groups in total. The summed E-state index contributed by atoms with van der Waals surface area (Å²) in [5, 5.41) is 8.73. The molecule has 2 saturated heterocycles. The molecule has 2 aliphatic heterocycles. The van der Waals surface area contributed by atoms with Crippen molar-refractivity contribution in [1.29, 1.82) is 5.26 Å². The van der Waals surface area contributed by atoms with Crippen LogP contribution in [0.15, 0.2) is 0 Å². The van der Waals surface area contributed by atoms with Crippen LogP contribution in [0, 0.1) is 23.2 Å². The van der Waals surface area contributed by atoms with Crippen molar-refractivity contribution < 1.29 is 4.74 Å². The van der Waals surface area contributed by atoms with E-state index >= 15 is 0 Å². The third-order valence-corrected chi connectivity index (χ3v) is 4.52. The summed E-state index contributed by atoms with van der Waals surface area (Å²) in [6, 6.07) is 2.72. The number of likely N-dealkylation sites (tertiary alicyclic amines) is 1. The van der Waals surface area contributed by atoms with Gasteiger partial charge in [-0.3, -0.25) is 4.90 Å². The highest BCUT2D eigenvalue weighted by molar-refractivity contribution is 4.85. The molecule has 3 heteroatoms. The Morgan fingerprint density at radius 3 is 2.35 bits per heavy atom. The summed E-state index contributed by atoms with van der Waals surface area (Å²) in [4.78, 5) is 2.49. The number of piperidine rings is 1. The first-order valence-corrected chi connectivity index (χ1v) is 7.00. The molecule has 2 aliphatic rings. The van der Waals surface area contributed by atoms with E-state index in [9.17, 15) is 0 Å².